The zero-order chi connectivity index (χ0) is 13.8. The maximum absolute atomic E-state index is 6.38. The lowest BCUT2D eigenvalue weighted by Gasteiger charge is -2.39. The van der Waals surface area contributed by atoms with Gasteiger partial charge in [-0.3, -0.25) is 0 Å². The van der Waals surface area contributed by atoms with Gasteiger partial charge < -0.3 is 10.5 Å². The van der Waals surface area contributed by atoms with Crippen LogP contribution < -0.4 is 10.5 Å². The molecule has 2 bridgehead atoms. The fraction of sp³-hybridized carbons (Fsp3) is 0.647. The van der Waals surface area contributed by atoms with Gasteiger partial charge >= 0.3 is 0 Å². The van der Waals surface area contributed by atoms with Crippen LogP contribution in [0.15, 0.2) is 18.2 Å². The van der Waals surface area contributed by atoms with E-state index in [1.807, 2.05) is 12.1 Å². The average Bonchev–Trinajstić information content (AvgIpc) is 2.67. The first-order valence-electron chi connectivity index (χ1n) is 7.38. The van der Waals surface area contributed by atoms with Crippen molar-refractivity contribution in [1.29, 1.82) is 0 Å². The van der Waals surface area contributed by atoms with E-state index in [1.54, 1.807) is 0 Å². The highest BCUT2D eigenvalue weighted by Crippen LogP contribution is 2.66. The van der Waals surface area contributed by atoms with E-state index in [2.05, 4.69) is 33.8 Å². The summed E-state index contributed by atoms with van der Waals surface area (Å²) < 4.78 is 6.38. The normalized spacial score (nSPS) is 35.6. The van der Waals surface area contributed by atoms with Crippen LogP contribution in [0.1, 0.15) is 45.6 Å². The van der Waals surface area contributed by atoms with Crippen LogP contribution in [0.3, 0.4) is 0 Å². The molecule has 3 rings (SSSR count). The van der Waals surface area contributed by atoms with Gasteiger partial charge in [0.2, 0.25) is 0 Å². The minimum atomic E-state index is 0.284. The van der Waals surface area contributed by atoms with Crippen LogP contribution in [0, 0.1) is 23.7 Å². The molecule has 1 aromatic rings. The second kappa shape index (κ2) is 3.91. The molecule has 19 heavy (non-hydrogen) atoms. The Morgan fingerprint density at radius 2 is 2.00 bits per heavy atom. The third-order valence-electron chi connectivity index (χ3n) is 6.22. The standard InChI is InChI=1S/C17H25NO/c1-11-6-5-7-13(18)15(11)19-14-10-12-8-9-17(14,4)16(12,2)3/h5-7,12,14H,8-10,18H2,1-4H3. The van der Waals surface area contributed by atoms with E-state index >= 15 is 0 Å². The molecule has 1 aromatic carbocycles. The Bertz CT molecular complexity index is 488. The van der Waals surface area contributed by atoms with Crippen LogP contribution in [0.5, 0.6) is 5.75 Å². The van der Waals surface area contributed by atoms with E-state index < -0.39 is 0 Å². The molecule has 0 saturated heterocycles. The van der Waals surface area contributed by atoms with E-state index in [9.17, 15) is 0 Å². The van der Waals surface area contributed by atoms with Crippen LogP contribution in [0.4, 0.5) is 5.69 Å². The highest BCUT2D eigenvalue weighted by molar-refractivity contribution is 5.56. The average molecular weight is 259 g/mol. The summed E-state index contributed by atoms with van der Waals surface area (Å²) >= 11 is 0. The van der Waals surface area contributed by atoms with Crippen molar-refractivity contribution in [2.24, 2.45) is 16.7 Å². The molecule has 0 spiro atoms. The topological polar surface area (TPSA) is 35.2 Å². The number of nitrogen functional groups attached to an aromatic ring is 1. The van der Waals surface area contributed by atoms with Crippen molar-refractivity contribution in [3.05, 3.63) is 23.8 Å². The number of benzene rings is 1. The lowest BCUT2D eigenvalue weighted by molar-refractivity contribution is 0.0302. The molecule has 2 saturated carbocycles. The Balaban J connectivity index is 1.90. The van der Waals surface area contributed by atoms with Gasteiger partial charge in [0.15, 0.2) is 0 Å². The van der Waals surface area contributed by atoms with Crippen LogP contribution >= 0.6 is 0 Å². The lowest BCUT2D eigenvalue weighted by Crippen LogP contribution is -2.39. The largest absolute Gasteiger partial charge is 0.487 e. The fourth-order valence-corrected chi connectivity index (χ4v) is 4.29. The highest BCUT2D eigenvalue weighted by atomic mass is 16.5. The summed E-state index contributed by atoms with van der Waals surface area (Å²) in [6.07, 6.45) is 4.12. The van der Waals surface area contributed by atoms with Crippen molar-refractivity contribution in [3.63, 3.8) is 0 Å². The molecule has 2 heteroatoms. The van der Waals surface area contributed by atoms with Gasteiger partial charge in [0.05, 0.1) is 5.69 Å². The molecule has 2 aliphatic carbocycles. The summed E-state index contributed by atoms with van der Waals surface area (Å²) in [7, 11) is 0. The summed E-state index contributed by atoms with van der Waals surface area (Å²) in [6.45, 7) is 9.30. The number of hydrogen-bond donors (Lipinski definition) is 1. The number of rotatable bonds is 2. The van der Waals surface area contributed by atoms with Crippen molar-refractivity contribution in [3.8, 4) is 5.75 Å². The number of ether oxygens (including phenoxy) is 1. The van der Waals surface area contributed by atoms with Crippen LogP contribution in [0.25, 0.3) is 0 Å². The first kappa shape index (κ1) is 12.8. The first-order chi connectivity index (χ1) is 8.86. The quantitative estimate of drug-likeness (QED) is 0.809. The van der Waals surface area contributed by atoms with Crippen molar-refractivity contribution >= 4 is 5.69 Å². The van der Waals surface area contributed by atoms with Gasteiger partial charge in [-0.15, -0.1) is 0 Å². The Hall–Kier alpha value is -1.18. The van der Waals surface area contributed by atoms with Crippen LogP contribution in [-0.4, -0.2) is 6.10 Å². The Labute approximate surface area is 116 Å². The Morgan fingerprint density at radius 3 is 2.53 bits per heavy atom. The molecular formula is C17H25NO. The molecule has 0 aromatic heterocycles. The molecule has 3 atom stereocenters. The fourth-order valence-electron chi connectivity index (χ4n) is 4.29. The van der Waals surface area contributed by atoms with Gasteiger partial charge in [0.1, 0.15) is 11.9 Å². The predicted molar refractivity (Wildman–Crippen MR) is 79.2 cm³/mol. The molecule has 3 unspecified atom stereocenters. The van der Waals surface area contributed by atoms with Crippen molar-refractivity contribution in [2.75, 3.05) is 5.73 Å². The second-order valence-electron chi connectivity index (χ2n) is 7.21. The van der Waals surface area contributed by atoms with Crippen LogP contribution in [0.2, 0.25) is 0 Å². The van der Waals surface area contributed by atoms with Crippen LogP contribution in [-0.2, 0) is 0 Å². The number of anilines is 1. The van der Waals surface area contributed by atoms with Gasteiger partial charge in [-0.2, -0.15) is 0 Å². The Kier molecular flexibility index (Phi) is 2.64. The van der Waals surface area contributed by atoms with E-state index in [0.717, 1.165) is 22.9 Å². The molecule has 0 aliphatic heterocycles. The van der Waals surface area contributed by atoms with E-state index in [-0.39, 0.29) is 5.41 Å². The minimum absolute atomic E-state index is 0.284. The summed E-state index contributed by atoms with van der Waals surface area (Å²) in [5.41, 5.74) is 8.66. The molecule has 0 radical (unpaired) electrons. The molecule has 2 N–H and O–H groups in total. The zero-order valence-electron chi connectivity index (χ0n) is 12.5. The minimum Gasteiger partial charge on any atom is -0.487 e. The van der Waals surface area contributed by atoms with E-state index in [4.69, 9.17) is 10.5 Å². The lowest BCUT2D eigenvalue weighted by atomic mass is 9.70. The number of hydrogen-bond acceptors (Lipinski definition) is 2. The highest BCUT2D eigenvalue weighted by Gasteiger charge is 2.62. The predicted octanol–water partition coefficient (Wildman–Crippen LogP) is 4.17. The van der Waals surface area contributed by atoms with Gasteiger partial charge in [0.25, 0.3) is 0 Å². The number of aryl methyl sites for hydroxylation is 1. The zero-order valence-corrected chi connectivity index (χ0v) is 12.5. The van der Waals surface area contributed by atoms with Crippen molar-refractivity contribution < 1.29 is 4.74 Å². The molecule has 2 fully saturated rings. The first-order valence-corrected chi connectivity index (χ1v) is 7.38. The van der Waals surface area contributed by atoms with E-state index in [1.165, 1.54) is 19.3 Å². The summed E-state index contributed by atoms with van der Waals surface area (Å²) in [6, 6.07) is 6.00. The molecule has 2 nitrogen and oxygen atoms in total. The smallest absolute Gasteiger partial charge is 0.145 e. The number of nitrogens with two attached hydrogens (primary N) is 1. The summed E-state index contributed by atoms with van der Waals surface area (Å²) in [4.78, 5) is 0. The number of para-hydroxylation sites is 1. The molecular weight excluding hydrogens is 234 g/mol. The number of fused-ring (bicyclic) bond motifs is 2. The third kappa shape index (κ3) is 1.62. The summed E-state index contributed by atoms with van der Waals surface area (Å²) in [5.74, 6) is 1.70. The SMILES string of the molecule is Cc1cccc(N)c1OC1CC2CCC1(C)C2(C)C. The molecule has 2 aliphatic rings. The molecule has 0 amide bonds. The van der Waals surface area contributed by atoms with E-state index in [0.29, 0.717) is 11.5 Å². The maximum Gasteiger partial charge on any atom is 0.145 e. The van der Waals surface area contributed by atoms with Crippen molar-refractivity contribution in [2.45, 2.75) is 53.1 Å². The van der Waals surface area contributed by atoms with Gasteiger partial charge in [0, 0.05) is 5.41 Å². The Morgan fingerprint density at radius 1 is 1.26 bits per heavy atom. The van der Waals surface area contributed by atoms with Gasteiger partial charge in [-0.1, -0.05) is 32.9 Å². The third-order valence-corrected chi connectivity index (χ3v) is 6.22. The molecule has 0 heterocycles. The summed E-state index contributed by atoms with van der Waals surface area (Å²) in [5, 5.41) is 0. The monoisotopic (exact) mass is 259 g/mol. The second-order valence-corrected chi connectivity index (χ2v) is 7.21. The van der Waals surface area contributed by atoms with Gasteiger partial charge in [-0.05, 0) is 49.1 Å². The van der Waals surface area contributed by atoms with Gasteiger partial charge in [-0.25, -0.2) is 0 Å². The van der Waals surface area contributed by atoms with Crippen molar-refractivity contribution in [1.82, 2.24) is 0 Å². The maximum atomic E-state index is 6.38. The molecule has 104 valence electrons.